The fourth-order valence-corrected chi connectivity index (χ4v) is 3.99. The Labute approximate surface area is 169 Å². The van der Waals surface area contributed by atoms with Crippen molar-refractivity contribution in [3.05, 3.63) is 40.9 Å². The van der Waals surface area contributed by atoms with Crippen molar-refractivity contribution in [2.75, 3.05) is 26.3 Å². The maximum atomic E-state index is 12.6. The van der Waals surface area contributed by atoms with Gasteiger partial charge in [-0.3, -0.25) is 9.69 Å². The molecule has 0 bridgehead atoms. The minimum atomic E-state index is 0.0466. The van der Waals surface area contributed by atoms with E-state index >= 15 is 0 Å². The predicted molar refractivity (Wildman–Crippen MR) is 105 cm³/mol. The van der Waals surface area contributed by atoms with Crippen LogP contribution in [-0.4, -0.2) is 46.7 Å². The number of hydrogen-bond donors (Lipinski definition) is 1. The van der Waals surface area contributed by atoms with Crippen LogP contribution in [0.3, 0.4) is 0 Å². The van der Waals surface area contributed by atoms with Crippen molar-refractivity contribution in [2.24, 2.45) is 13.0 Å². The van der Waals surface area contributed by atoms with E-state index in [9.17, 15) is 4.79 Å². The minimum Gasteiger partial charge on any atom is -0.486 e. The van der Waals surface area contributed by atoms with Crippen LogP contribution in [0.5, 0.6) is 11.5 Å². The van der Waals surface area contributed by atoms with Crippen LogP contribution in [0.15, 0.2) is 24.5 Å². The lowest BCUT2D eigenvalue weighted by Crippen LogP contribution is -2.40. The van der Waals surface area contributed by atoms with Crippen LogP contribution in [0.2, 0.25) is 5.02 Å². The number of carbonyl (C=O) groups excluding carboxylic acids is 1. The van der Waals surface area contributed by atoms with Gasteiger partial charge in [-0.25, -0.2) is 4.98 Å². The van der Waals surface area contributed by atoms with Crippen molar-refractivity contribution in [3.8, 4) is 11.5 Å². The second-order valence-electron chi connectivity index (χ2n) is 7.32. The molecule has 1 aromatic heterocycles. The van der Waals surface area contributed by atoms with E-state index in [1.54, 1.807) is 0 Å². The molecular formula is C20H25ClN4O3. The summed E-state index contributed by atoms with van der Waals surface area (Å²) in [7, 11) is 2.01. The molecule has 1 fully saturated rings. The summed E-state index contributed by atoms with van der Waals surface area (Å²) in [4.78, 5) is 19.3. The molecular weight excluding hydrogens is 380 g/mol. The first kappa shape index (κ1) is 19.1. The molecule has 4 rings (SSSR count). The average molecular weight is 405 g/mol. The van der Waals surface area contributed by atoms with Gasteiger partial charge in [0, 0.05) is 31.9 Å². The lowest BCUT2D eigenvalue weighted by Gasteiger charge is -2.31. The van der Waals surface area contributed by atoms with Gasteiger partial charge in [0.1, 0.15) is 19.0 Å². The molecule has 1 aromatic carbocycles. The Balaban J connectivity index is 1.27. The first-order valence-corrected chi connectivity index (χ1v) is 10.0. The third-order valence-corrected chi connectivity index (χ3v) is 5.65. The summed E-state index contributed by atoms with van der Waals surface area (Å²) in [5.41, 5.74) is 0.912. The summed E-state index contributed by atoms with van der Waals surface area (Å²) < 4.78 is 13.2. The van der Waals surface area contributed by atoms with Gasteiger partial charge in [-0.15, -0.1) is 0 Å². The number of carbonyl (C=O) groups is 1. The van der Waals surface area contributed by atoms with Crippen LogP contribution in [0.4, 0.5) is 0 Å². The highest BCUT2D eigenvalue weighted by Gasteiger charge is 2.25. The van der Waals surface area contributed by atoms with Crippen molar-refractivity contribution < 1.29 is 14.3 Å². The van der Waals surface area contributed by atoms with Gasteiger partial charge < -0.3 is 19.4 Å². The number of fused-ring (bicyclic) bond motifs is 1. The fourth-order valence-electron chi connectivity index (χ4n) is 3.70. The van der Waals surface area contributed by atoms with Crippen molar-refractivity contribution in [2.45, 2.75) is 25.9 Å². The van der Waals surface area contributed by atoms with Gasteiger partial charge in [-0.05, 0) is 43.6 Å². The average Bonchev–Trinajstić information content (AvgIpc) is 3.11. The van der Waals surface area contributed by atoms with E-state index in [-0.39, 0.29) is 11.8 Å². The van der Waals surface area contributed by atoms with Crippen LogP contribution in [-0.2, 0) is 24.9 Å². The smallest absolute Gasteiger partial charge is 0.223 e. The zero-order chi connectivity index (χ0) is 19.5. The third-order valence-electron chi connectivity index (χ3n) is 5.37. The normalized spacial score (nSPS) is 17.5. The number of nitrogens with one attached hydrogen (secondary N) is 1. The molecule has 28 heavy (non-hydrogen) atoms. The van der Waals surface area contributed by atoms with Gasteiger partial charge in [0.15, 0.2) is 11.5 Å². The number of aromatic nitrogens is 2. The first-order valence-electron chi connectivity index (χ1n) is 9.64. The van der Waals surface area contributed by atoms with E-state index in [1.165, 1.54) is 0 Å². The Kier molecular flexibility index (Phi) is 5.73. The van der Waals surface area contributed by atoms with E-state index in [2.05, 4.69) is 15.2 Å². The summed E-state index contributed by atoms with van der Waals surface area (Å²) in [6, 6.07) is 3.71. The second kappa shape index (κ2) is 8.41. The molecule has 8 heteroatoms. The molecule has 0 spiro atoms. The molecule has 7 nitrogen and oxygen atoms in total. The van der Waals surface area contributed by atoms with Crippen LogP contribution < -0.4 is 14.8 Å². The molecule has 1 N–H and O–H groups in total. The molecule has 1 saturated heterocycles. The number of aryl methyl sites for hydroxylation is 1. The topological polar surface area (TPSA) is 68.6 Å². The van der Waals surface area contributed by atoms with E-state index in [0.29, 0.717) is 36.3 Å². The largest absolute Gasteiger partial charge is 0.486 e. The molecule has 0 radical (unpaired) electrons. The number of benzene rings is 1. The van der Waals surface area contributed by atoms with Crippen LogP contribution in [0.1, 0.15) is 24.2 Å². The first-order chi connectivity index (χ1) is 13.6. The zero-order valence-electron chi connectivity index (χ0n) is 16.0. The highest BCUT2D eigenvalue weighted by Crippen LogP contribution is 2.38. The fraction of sp³-hybridized carbons (Fsp3) is 0.500. The molecule has 3 heterocycles. The number of amides is 1. The quantitative estimate of drug-likeness (QED) is 0.828. The molecule has 0 unspecified atom stereocenters. The van der Waals surface area contributed by atoms with E-state index in [1.807, 2.05) is 36.1 Å². The number of hydrogen-bond acceptors (Lipinski definition) is 5. The molecule has 0 aliphatic carbocycles. The molecule has 2 aliphatic heterocycles. The van der Waals surface area contributed by atoms with E-state index in [0.717, 1.165) is 43.9 Å². The van der Waals surface area contributed by atoms with Crippen molar-refractivity contribution in [1.82, 2.24) is 19.8 Å². The van der Waals surface area contributed by atoms with Gasteiger partial charge in [-0.1, -0.05) is 11.6 Å². The Morgan fingerprint density at radius 1 is 1.29 bits per heavy atom. The summed E-state index contributed by atoms with van der Waals surface area (Å²) in [5.74, 6) is 2.43. The van der Waals surface area contributed by atoms with Crippen molar-refractivity contribution >= 4 is 17.5 Å². The van der Waals surface area contributed by atoms with Gasteiger partial charge in [0.2, 0.25) is 5.91 Å². The van der Waals surface area contributed by atoms with Gasteiger partial charge >= 0.3 is 0 Å². The maximum Gasteiger partial charge on any atom is 0.223 e. The third kappa shape index (κ3) is 4.25. The highest BCUT2D eigenvalue weighted by molar-refractivity contribution is 6.32. The van der Waals surface area contributed by atoms with Gasteiger partial charge in [-0.2, -0.15) is 0 Å². The van der Waals surface area contributed by atoms with Crippen LogP contribution in [0, 0.1) is 5.92 Å². The molecule has 150 valence electrons. The summed E-state index contributed by atoms with van der Waals surface area (Å²) >= 11 is 6.27. The molecule has 2 aliphatic rings. The molecule has 1 amide bonds. The number of ether oxygens (including phenoxy) is 2. The Bertz CT molecular complexity index is 846. The standard InChI is InChI=1S/C20H25ClN4O3/c1-24-7-4-22-18(24)13-25-5-2-15(3-6-25)20(26)23-12-14-10-16(21)19-17(11-14)27-8-9-28-19/h4,7,10-11,15H,2-3,5-6,8-9,12-13H2,1H3,(H,23,26). The lowest BCUT2D eigenvalue weighted by molar-refractivity contribution is -0.126. The summed E-state index contributed by atoms with van der Waals surface area (Å²) in [5, 5.41) is 3.56. The Morgan fingerprint density at radius 2 is 2.07 bits per heavy atom. The van der Waals surface area contributed by atoms with Crippen molar-refractivity contribution in [3.63, 3.8) is 0 Å². The van der Waals surface area contributed by atoms with Gasteiger partial charge in [0.05, 0.1) is 11.6 Å². The number of rotatable bonds is 5. The number of halogens is 1. The SMILES string of the molecule is Cn1ccnc1CN1CCC(C(=O)NCc2cc(Cl)c3c(c2)OCCO3)CC1. The number of nitrogens with zero attached hydrogens (tertiary/aromatic N) is 3. The number of likely N-dealkylation sites (tertiary alicyclic amines) is 1. The molecule has 2 aromatic rings. The Hall–Kier alpha value is -2.25. The molecule has 0 atom stereocenters. The summed E-state index contributed by atoms with van der Waals surface area (Å²) in [6.07, 6.45) is 5.50. The highest BCUT2D eigenvalue weighted by atomic mass is 35.5. The summed E-state index contributed by atoms with van der Waals surface area (Å²) in [6.45, 7) is 4.08. The predicted octanol–water partition coefficient (Wildman–Crippen LogP) is 2.37. The minimum absolute atomic E-state index is 0.0466. The molecule has 0 saturated carbocycles. The van der Waals surface area contributed by atoms with Crippen LogP contribution in [0.25, 0.3) is 0 Å². The maximum absolute atomic E-state index is 12.6. The van der Waals surface area contributed by atoms with Crippen molar-refractivity contribution in [1.29, 1.82) is 0 Å². The monoisotopic (exact) mass is 404 g/mol. The van der Waals surface area contributed by atoms with Crippen LogP contribution >= 0.6 is 11.6 Å². The van der Waals surface area contributed by atoms with Gasteiger partial charge in [0.25, 0.3) is 0 Å². The second-order valence-corrected chi connectivity index (χ2v) is 7.73. The lowest BCUT2D eigenvalue weighted by atomic mass is 9.96. The zero-order valence-corrected chi connectivity index (χ0v) is 16.7. The Morgan fingerprint density at radius 3 is 2.82 bits per heavy atom. The van der Waals surface area contributed by atoms with E-state index < -0.39 is 0 Å². The number of imidazole rings is 1. The van der Waals surface area contributed by atoms with E-state index in [4.69, 9.17) is 21.1 Å². The number of piperidine rings is 1.